The molecule has 1 aromatic carbocycles. The van der Waals surface area contributed by atoms with Crippen LogP contribution in [0.5, 0.6) is 5.75 Å². The number of aromatic nitrogens is 3. The second kappa shape index (κ2) is 6.23. The molecule has 2 aromatic heterocycles. The molecule has 0 amide bonds. The number of aryl methyl sites for hydroxylation is 2. The van der Waals surface area contributed by atoms with Crippen LogP contribution in [-0.4, -0.2) is 26.3 Å². The van der Waals surface area contributed by atoms with Crippen molar-refractivity contribution in [3.05, 3.63) is 57.3 Å². The van der Waals surface area contributed by atoms with Gasteiger partial charge in [0.1, 0.15) is 5.75 Å². The maximum absolute atomic E-state index is 9.70. The van der Waals surface area contributed by atoms with E-state index in [1.54, 1.807) is 0 Å². The van der Waals surface area contributed by atoms with Gasteiger partial charge in [0.2, 0.25) is 11.5 Å². The molecular weight excluding hydrogens is 318 g/mol. The fraction of sp³-hybridized carbons (Fsp3) is 0.222. The Kier molecular flexibility index (Phi) is 4.10. The fourth-order valence-corrected chi connectivity index (χ4v) is 2.64. The first-order chi connectivity index (χ1) is 12.0. The third-order valence-electron chi connectivity index (χ3n) is 3.89. The zero-order valence-electron chi connectivity index (χ0n) is 13.8. The number of aliphatic hydroxyl groups is 1. The summed E-state index contributed by atoms with van der Waals surface area (Å²) >= 11 is 0. The lowest BCUT2D eigenvalue weighted by atomic mass is 10.1. The molecule has 3 aromatic rings. The largest absolute Gasteiger partial charge is 0.480 e. The third-order valence-corrected chi connectivity index (χ3v) is 3.89. The van der Waals surface area contributed by atoms with E-state index in [1.807, 2.05) is 38.1 Å². The highest BCUT2D eigenvalue weighted by molar-refractivity contribution is 5.66. The quantitative estimate of drug-likeness (QED) is 0.738. The highest BCUT2D eigenvalue weighted by Crippen LogP contribution is 2.26. The highest BCUT2D eigenvalue weighted by atomic mass is 16.5. The molecule has 0 fully saturated rings. The van der Waals surface area contributed by atoms with Crippen molar-refractivity contribution in [3.63, 3.8) is 0 Å². The monoisotopic (exact) mass is 333 g/mol. The maximum Gasteiger partial charge on any atom is 0.275 e. The van der Waals surface area contributed by atoms with Gasteiger partial charge in [-0.1, -0.05) is 35.9 Å². The van der Waals surface area contributed by atoms with E-state index in [0.717, 1.165) is 11.1 Å². The SMILES string of the molecule is [C-]#[N+]c1c(C#N)c(=C)c2nc(C(CO)Oc3ccc(C)cc3C)nn12. The lowest BCUT2D eigenvalue weighted by Gasteiger charge is -2.15. The molecule has 1 atom stereocenters. The van der Waals surface area contributed by atoms with Gasteiger partial charge in [0, 0.05) is 5.22 Å². The molecule has 0 saturated carbocycles. The molecule has 1 N–H and O–H groups in total. The molecule has 0 saturated heterocycles. The summed E-state index contributed by atoms with van der Waals surface area (Å²) in [4.78, 5) is 7.66. The Morgan fingerprint density at radius 2 is 2.24 bits per heavy atom. The minimum atomic E-state index is -0.787. The molecule has 0 aliphatic rings. The van der Waals surface area contributed by atoms with Crippen molar-refractivity contribution in [2.45, 2.75) is 20.0 Å². The van der Waals surface area contributed by atoms with Crippen LogP contribution in [0.2, 0.25) is 0 Å². The van der Waals surface area contributed by atoms with E-state index in [9.17, 15) is 5.11 Å². The van der Waals surface area contributed by atoms with Crippen LogP contribution >= 0.6 is 0 Å². The van der Waals surface area contributed by atoms with E-state index in [4.69, 9.17) is 16.6 Å². The molecular formula is C18H15N5O2. The van der Waals surface area contributed by atoms with Crippen molar-refractivity contribution in [2.75, 3.05) is 6.61 Å². The third kappa shape index (κ3) is 2.67. The predicted octanol–water partition coefficient (Wildman–Crippen LogP) is 2.01. The molecule has 2 heterocycles. The number of ether oxygens (including phenoxy) is 1. The summed E-state index contributed by atoms with van der Waals surface area (Å²) in [5.41, 5.74) is 2.52. The number of hydrogen-bond donors (Lipinski definition) is 1. The van der Waals surface area contributed by atoms with Crippen LogP contribution in [0.1, 0.15) is 28.6 Å². The molecule has 7 heteroatoms. The summed E-state index contributed by atoms with van der Waals surface area (Å²) in [6.07, 6.45) is -0.787. The van der Waals surface area contributed by atoms with Crippen molar-refractivity contribution in [2.24, 2.45) is 0 Å². The normalized spacial score (nSPS) is 11.9. The molecule has 1 unspecified atom stereocenters. The minimum absolute atomic E-state index is 0.0597. The first-order valence-electron chi connectivity index (χ1n) is 7.53. The van der Waals surface area contributed by atoms with Gasteiger partial charge < -0.3 is 14.7 Å². The van der Waals surface area contributed by atoms with E-state index in [1.165, 1.54) is 4.52 Å². The van der Waals surface area contributed by atoms with E-state index < -0.39 is 6.10 Å². The highest BCUT2D eigenvalue weighted by Gasteiger charge is 2.25. The topological polar surface area (TPSA) is 87.8 Å². The summed E-state index contributed by atoms with van der Waals surface area (Å²) in [7, 11) is 0. The number of hydrogen-bond acceptors (Lipinski definition) is 5. The summed E-state index contributed by atoms with van der Waals surface area (Å²) < 4.78 is 7.13. The first-order valence-corrected chi connectivity index (χ1v) is 7.53. The summed E-state index contributed by atoms with van der Waals surface area (Å²) in [6.45, 7) is 14.6. The standard InChI is InChI=1S/C18H15N5O2/c1-10-5-6-14(11(2)7-10)25-15(9-24)16-21-17-12(3)13(8-19)18(20-4)23(17)22-16/h5-7,15,24H,3,9H2,1-2H3. The van der Waals surface area contributed by atoms with Crippen molar-refractivity contribution >= 4 is 18.0 Å². The molecule has 25 heavy (non-hydrogen) atoms. The molecule has 3 rings (SSSR count). The van der Waals surface area contributed by atoms with Gasteiger partial charge in [-0.15, -0.1) is 4.52 Å². The van der Waals surface area contributed by atoms with Gasteiger partial charge >= 0.3 is 0 Å². The molecule has 0 aliphatic carbocycles. The first kappa shape index (κ1) is 16.4. The van der Waals surface area contributed by atoms with Gasteiger partial charge in [-0.2, -0.15) is 10.2 Å². The van der Waals surface area contributed by atoms with Crippen LogP contribution in [0.15, 0.2) is 18.2 Å². The average molecular weight is 333 g/mol. The van der Waals surface area contributed by atoms with Gasteiger partial charge in [0.05, 0.1) is 18.2 Å². The van der Waals surface area contributed by atoms with Crippen molar-refractivity contribution in [1.82, 2.24) is 14.6 Å². The van der Waals surface area contributed by atoms with Gasteiger partial charge in [0.15, 0.2) is 6.10 Å². The fourth-order valence-electron chi connectivity index (χ4n) is 2.64. The predicted molar refractivity (Wildman–Crippen MR) is 91.1 cm³/mol. The number of nitrogens with zero attached hydrogens (tertiary/aromatic N) is 5. The molecule has 7 nitrogen and oxygen atoms in total. The lowest BCUT2D eigenvalue weighted by molar-refractivity contribution is 0.109. The summed E-state index contributed by atoms with van der Waals surface area (Å²) in [5, 5.41) is 23.4. The molecule has 0 aliphatic heterocycles. The average Bonchev–Trinajstić information content (AvgIpc) is 3.12. The van der Waals surface area contributed by atoms with Crippen molar-refractivity contribution in [3.8, 4) is 11.8 Å². The van der Waals surface area contributed by atoms with Crippen molar-refractivity contribution in [1.29, 1.82) is 5.26 Å². The molecule has 0 radical (unpaired) electrons. The van der Waals surface area contributed by atoms with Crippen LogP contribution in [0.4, 0.5) is 5.82 Å². The Bertz CT molecular complexity index is 1090. The van der Waals surface area contributed by atoms with E-state index >= 15 is 0 Å². The number of fused-ring (bicyclic) bond motifs is 1. The van der Waals surface area contributed by atoms with Crippen molar-refractivity contribution < 1.29 is 9.84 Å². The second-order valence-corrected chi connectivity index (χ2v) is 5.66. The summed E-state index contributed by atoms with van der Waals surface area (Å²) in [5.74, 6) is 0.915. The van der Waals surface area contributed by atoms with E-state index in [2.05, 4.69) is 21.5 Å². The van der Waals surface area contributed by atoms with Crippen LogP contribution in [0.3, 0.4) is 0 Å². The molecule has 0 bridgehead atoms. The summed E-state index contributed by atoms with van der Waals surface area (Å²) in [6, 6.07) is 7.67. The zero-order chi connectivity index (χ0) is 18.1. The zero-order valence-corrected chi connectivity index (χ0v) is 13.8. The number of aliphatic hydroxyl groups excluding tert-OH is 1. The maximum atomic E-state index is 9.70. The van der Waals surface area contributed by atoms with Crippen LogP contribution in [-0.2, 0) is 0 Å². The number of nitriles is 1. The van der Waals surface area contributed by atoms with Gasteiger partial charge in [0.25, 0.3) is 5.82 Å². The smallest absolute Gasteiger partial charge is 0.275 e. The Morgan fingerprint density at radius 3 is 2.84 bits per heavy atom. The second-order valence-electron chi connectivity index (χ2n) is 5.66. The van der Waals surface area contributed by atoms with Crippen LogP contribution in [0, 0.1) is 31.8 Å². The Morgan fingerprint density at radius 1 is 1.48 bits per heavy atom. The Hall–Kier alpha value is -3.42. The Labute approximate surface area is 144 Å². The minimum Gasteiger partial charge on any atom is -0.480 e. The lowest BCUT2D eigenvalue weighted by Crippen LogP contribution is -2.15. The van der Waals surface area contributed by atoms with Crippen LogP contribution in [0.25, 0.3) is 17.1 Å². The van der Waals surface area contributed by atoms with Gasteiger partial charge in [-0.25, -0.2) is 0 Å². The van der Waals surface area contributed by atoms with E-state index in [-0.39, 0.29) is 23.8 Å². The van der Waals surface area contributed by atoms with Gasteiger partial charge in [-0.3, -0.25) is 0 Å². The number of benzene rings is 1. The Balaban J connectivity index is 2.04. The van der Waals surface area contributed by atoms with Gasteiger partial charge in [-0.05, 0) is 25.5 Å². The van der Waals surface area contributed by atoms with Crippen LogP contribution < -0.4 is 9.96 Å². The number of rotatable bonds is 4. The van der Waals surface area contributed by atoms with E-state index in [0.29, 0.717) is 16.6 Å². The molecule has 124 valence electrons. The molecule has 0 spiro atoms.